The fraction of sp³-hybridized carbons (Fsp3) is 0.167. The van der Waals surface area contributed by atoms with Crippen LogP contribution in [-0.2, 0) is 4.84 Å². The Morgan fingerprint density at radius 1 is 1.32 bits per heavy atom. The molecule has 5 nitrogen and oxygen atoms in total. The number of carbonyl (C=O) groups excluding carboxylic acids is 1. The summed E-state index contributed by atoms with van der Waals surface area (Å²) in [5.74, 6) is -2.32. The number of aromatic nitrogens is 1. The Bertz CT molecular complexity index is 613. The second-order valence-electron chi connectivity index (χ2n) is 3.69. The van der Waals surface area contributed by atoms with E-state index in [0.717, 1.165) is 17.2 Å². The summed E-state index contributed by atoms with van der Waals surface area (Å²) >= 11 is 0. The number of hydrogen-bond acceptors (Lipinski definition) is 4. The minimum absolute atomic E-state index is 0.00378. The van der Waals surface area contributed by atoms with Gasteiger partial charge in [0, 0.05) is 18.7 Å². The molecule has 0 aliphatic carbocycles. The van der Waals surface area contributed by atoms with Crippen LogP contribution in [0.5, 0.6) is 0 Å². The molecule has 0 spiro atoms. The molecule has 0 bridgehead atoms. The van der Waals surface area contributed by atoms with Crippen molar-refractivity contribution in [3.05, 3.63) is 41.6 Å². The van der Waals surface area contributed by atoms with Gasteiger partial charge in [0.15, 0.2) is 23.1 Å². The zero-order valence-electron chi connectivity index (χ0n) is 10.2. The molecule has 1 aromatic heterocycles. The molecule has 0 N–H and O–H groups in total. The minimum Gasteiger partial charge on any atom is -0.355 e. The van der Waals surface area contributed by atoms with Gasteiger partial charge in [-0.25, -0.2) is 13.8 Å². The van der Waals surface area contributed by atoms with Gasteiger partial charge in [-0.2, -0.15) is 0 Å². The van der Waals surface area contributed by atoms with Gasteiger partial charge in [-0.1, -0.05) is 5.16 Å². The van der Waals surface area contributed by atoms with Crippen LogP contribution in [-0.4, -0.2) is 30.3 Å². The smallest absolute Gasteiger partial charge is 0.299 e. The first kappa shape index (κ1) is 13.2. The fourth-order valence-corrected chi connectivity index (χ4v) is 1.41. The maximum absolute atomic E-state index is 13.1. The molecule has 7 heteroatoms. The van der Waals surface area contributed by atoms with Crippen LogP contribution in [0.15, 0.2) is 28.8 Å². The molecule has 0 unspecified atom stereocenters. The van der Waals surface area contributed by atoms with Gasteiger partial charge in [-0.15, -0.1) is 0 Å². The number of amides is 1. The van der Waals surface area contributed by atoms with Gasteiger partial charge in [-0.05, 0) is 18.2 Å². The van der Waals surface area contributed by atoms with E-state index in [1.807, 2.05) is 0 Å². The number of nitrogens with zero attached hydrogens (tertiary/aromatic N) is 2. The standard InChI is InChI=1S/C12H10F2N2O3/c1-16(18-2)12(17)10-6-11(19-15-10)7-3-4-8(13)9(14)5-7/h3-6H,1-2H3. The molecule has 100 valence electrons. The second-order valence-corrected chi connectivity index (χ2v) is 3.69. The van der Waals surface area contributed by atoms with Crippen LogP contribution in [0.25, 0.3) is 11.3 Å². The Morgan fingerprint density at radius 2 is 2.05 bits per heavy atom. The molecule has 0 aliphatic rings. The number of carbonyl (C=O) groups is 1. The lowest BCUT2D eigenvalue weighted by Gasteiger charge is -2.10. The van der Waals surface area contributed by atoms with Gasteiger partial charge in [0.25, 0.3) is 5.91 Å². The van der Waals surface area contributed by atoms with Gasteiger partial charge in [0.05, 0.1) is 7.11 Å². The van der Waals surface area contributed by atoms with Crippen LogP contribution in [0.2, 0.25) is 0 Å². The van der Waals surface area contributed by atoms with Crippen molar-refractivity contribution in [2.24, 2.45) is 0 Å². The molecule has 0 radical (unpaired) electrons. The Labute approximate surface area is 107 Å². The third-order valence-electron chi connectivity index (χ3n) is 2.49. The zero-order valence-corrected chi connectivity index (χ0v) is 10.2. The van der Waals surface area contributed by atoms with Crippen molar-refractivity contribution in [2.45, 2.75) is 0 Å². The van der Waals surface area contributed by atoms with E-state index in [0.29, 0.717) is 0 Å². The molecule has 0 atom stereocenters. The Morgan fingerprint density at radius 3 is 2.68 bits per heavy atom. The molecule has 0 saturated carbocycles. The highest BCUT2D eigenvalue weighted by molar-refractivity contribution is 5.92. The van der Waals surface area contributed by atoms with Crippen LogP contribution in [0, 0.1) is 11.6 Å². The summed E-state index contributed by atoms with van der Waals surface area (Å²) in [6.07, 6.45) is 0. The third-order valence-corrected chi connectivity index (χ3v) is 2.49. The van der Waals surface area contributed by atoms with E-state index < -0.39 is 17.5 Å². The SMILES string of the molecule is CON(C)C(=O)c1cc(-c2ccc(F)c(F)c2)on1. The second kappa shape index (κ2) is 5.15. The van der Waals surface area contributed by atoms with E-state index in [2.05, 4.69) is 5.16 Å². The van der Waals surface area contributed by atoms with Crippen molar-refractivity contribution >= 4 is 5.91 Å². The zero-order chi connectivity index (χ0) is 14.0. The quantitative estimate of drug-likeness (QED) is 0.801. The van der Waals surface area contributed by atoms with Gasteiger partial charge in [0.2, 0.25) is 0 Å². The van der Waals surface area contributed by atoms with Crippen molar-refractivity contribution in [3.63, 3.8) is 0 Å². The van der Waals surface area contributed by atoms with E-state index in [-0.39, 0.29) is 17.0 Å². The summed E-state index contributed by atoms with van der Waals surface area (Å²) in [4.78, 5) is 16.4. The fourth-order valence-electron chi connectivity index (χ4n) is 1.41. The normalized spacial score (nSPS) is 10.5. The molecule has 19 heavy (non-hydrogen) atoms. The highest BCUT2D eigenvalue weighted by Gasteiger charge is 2.18. The Kier molecular flexibility index (Phi) is 3.57. The van der Waals surface area contributed by atoms with Gasteiger partial charge in [0.1, 0.15) is 0 Å². The topological polar surface area (TPSA) is 55.6 Å². The van der Waals surface area contributed by atoms with Crippen molar-refractivity contribution in [3.8, 4) is 11.3 Å². The van der Waals surface area contributed by atoms with Crippen molar-refractivity contribution in [1.82, 2.24) is 10.2 Å². The Balaban J connectivity index is 2.30. The van der Waals surface area contributed by atoms with Crippen LogP contribution in [0.1, 0.15) is 10.5 Å². The molecule has 2 aromatic rings. The van der Waals surface area contributed by atoms with Crippen LogP contribution in [0.3, 0.4) is 0 Å². The first-order chi connectivity index (χ1) is 9.02. The molecular weight excluding hydrogens is 258 g/mol. The summed E-state index contributed by atoms with van der Waals surface area (Å²) in [5, 5.41) is 4.52. The number of halogens is 2. The number of benzene rings is 1. The number of hydrogen-bond donors (Lipinski definition) is 0. The monoisotopic (exact) mass is 268 g/mol. The average Bonchev–Trinajstić information content (AvgIpc) is 2.89. The van der Waals surface area contributed by atoms with Crippen molar-refractivity contribution in [1.29, 1.82) is 0 Å². The summed E-state index contributed by atoms with van der Waals surface area (Å²) in [6.45, 7) is 0. The van der Waals surface area contributed by atoms with E-state index in [1.54, 1.807) is 0 Å². The van der Waals surface area contributed by atoms with Crippen LogP contribution >= 0.6 is 0 Å². The minimum atomic E-state index is -1.00. The largest absolute Gasteiger partial charge is 0.355 e. The van der Waals surface area contributed by atoms with E-state index in [1.165, 1.54) is 26.3 Å². The lowest BCUT2D eigenvalue weighted by Crippen LogP contribution is -2.25. The lowest BCUT2D eigenvalue weighted by atomic mass is 10.1. The highest BCUT2D eigenvalue weighted by Crippen LogP contribution is 2.22. The van der Waals surface area contributed by atoms with Crippen LogP contribution < -0.4 is 0 Å². The highest BCUT2D eigenvalue weighted by atomic mass is 19.2. The van der Waals surface area contributed by atoms with Gasteiger partial charge >= 0.3 is 0 Å². The molecule has 0 aliphatic heterocycles. The molecule has 2 rings (SSSR count). The molecular formula is C12H10F2N2O3. The first-order valence-corrected chi connectivity index (χ1v) is 5.27. The van der Waals surface area contributed by atoms with E-state index in [4.69, 9.17) is 9.36 Å². The van der Waals surface area contributed by atoms with Crippen molar-refractivity contribution < 1.29 is 22.9 Å². The third kappa shape index (κ3) is 2.60. The predicted octanol–water partition coefficient (Wildman–Crippen LogP) is 2.25. The summed E-state index contributed by atoms with van der Waals surface area (Å²) < 4.78 is 30.8. The molecule has 1 amide bonds. The summed E-state index contributed by atoms with van der Waals surface area (Å²) in [6, 6.07) is 4.58. The van der Waals surface area contributed by atoms with E-state index >= 15 is 0 Å². The van der Waals surface area contributed by atoms with Crippen LogP contribution in [0.4, 0.5) is 8.78 Å². The lowest BCUT2D eigenvalue weighted by molar-refractivity contribution is -0.0762. The van der Waals surface area contributed by atoms with Gasteiger partial charge in [-0.3, -0.25) is 9.63 Å². The molecule has 1 heterocycles. The van der Waals surface area contributed by atoms with Gasteiger partial charge < -0.3 is 4.52 Å². The average molecular weight is 268 g/mol. The maximum Gasteiger partial charge on any atom is 0.299 e. The summed E-state index contributed by atoms with van der Waals surface area (Å²) in [7, 11) is 2.74. The first-order valence-electron chi connectivity index (χ1n) is 5.27. The predicted molar refractivity (Wildman–Crippen MR) is 61.0 cm³/mol. The molecule has 0 saturated heterocycles. The molecule has 0 fully saturated rings. The Hall–Kier alpha value is -2.28. The maximum atomic E-state index is 13.1. The number of rotatable bonds is 3. The molecule has 1 aromatic carbocycles. The number of hydroxylamine groups is 2. The summed E-state index contributed by atoms with van der Waals surface area (Å²) in [5.41, 5.74) is 0.287. The van der Waals surface area contributed by atoms with Crippen molar-refractivity contribution in [2.75, 3.05) is 14.2 Å². The van der Waals surface area contributed by atoms with E-state index in [9.17, 15) is 13.6 Å².